The van der Waals surface area contributed by atoms with Crippen LogP contribution >= 0.6 is 11.3 Å². The summed E-state index contributed by atoms with van der Waals surface area (Å²) in [7, 11) is 1.69. The number of hydrogen-bond donors (Lipinski definition) is 1. The maximum Gasteiger partial charge on any atom is 0.163 e. The van der Waals surface area contributed by atoms with E-state index in [9.17, 15) is 0 Å². The predicted octanol–water partition coefficient (Wildman–Crippen LogP) is 5.81. The third kappa shape index (κ3) is 4.42. The Morgan fingerprint density at radius 3 is 2.74 bits per heavy atom. The van der Waals surface area contributed by atoms with E-state index >= 15 is 0 Å². The molecule has 1 aliphatic rings. The number of ether oxygens (including phenoxy) is 2. The van der Waals surface area contributed by atoms with Crippen molar-refractivity contribution >= 4 is 22.7 Å². The summed E-state index contributed by atoms with van der Waals surface area (Å²) >= 11 is 1.68. The second kappa shape index (κ2) is 8.44. The first-order valence-electron chi connectivity index (χ1n) is 9.40. The number of methoxy groups -OCH3 is 1. The molecule has 1 fully saturated rings. The molecule has 1 N–H and O–H groups in total. The lowest BCUT2D eigenvalue weighted by Gasteiger charge is -2.18. The lowest BCUT2D eigenvalue weighted by atomic mass is 10.1. The third-order valence-electron chi connectivity index (χ3n) is 4.88. The van der Waals surface area contributed by atoms with Crippen LogP contribution in [-0.2, 0) is 6.42 Å². The molecular weight excluding hydrogens is 356 g/mol. The molecular formula is C22H24N2O2S. The molecule has 0 saturated heterocycles. The van der Waals surface area contributed by atoms with E-state index in [4.69, 9.17) is 9.47 Å². The highest BCUT2D eigenvalue weighted by molar-refractivity contribution is 7.09. The number of aromatic nitrogens is 1. The highest BCUT2D eigenvalue weighted by Crippen LogP contribution is 2.35. The Balaban J connectivity index is 1.55. The summed E-state index contributed by atoms with van der Waals surface area (Å²) in [5.41, 5.74) is 3.31. The fourth-order valence-electron chi connectivity index (χ4n) is 3.49. The molecule has 27 heavy (non-hydrogen) atoms. The van der Waals surface area contributed by atoms with Crippen molar-refractivity contribution in [1.29, 1.82) is 0 Å². The minimum absolute atomic E-state index is 0.298. The highest BCUT2D eigenvalue weighted by atomic mass is 32.1. The maximum atomic E-state index is 6.22. The Morgan fingerprint density at radius 1 is 1.11 bits per heavy atom. The molecule has 1 aromatic heterocycles. The second-order valence-electron chi connectivity index (χ2n) is 6.77. The second-order valence-corrected chi connectivity index (χ2v) is 7.75. The standard InChI is InChI=1S/C22H24N2O2S/c1-25-20-11-10-17(15-21(20)26-18-7-3-4-8-18)24-19-9-5-2-6-16(19)14-22-23-12-13-27-22/h2,5-6,9-13,15,18,24H,3-4,7-8,14H2,1H3. The van der Waals surface area contributed by atoms with E-state index < -0.39 is 0 Å². The number of thiazole rings is 1. The molecule has 0 atom stereocenters. The zero-order chi connectivity index (χ0) is 18.5. The first-order chi connectivity index (χ1) is 13.3. The lowest BCUT2D eigenvalue weighted by molar-refractivity contribution is 0.201. The van der Waals surface area contributed by atoms with Crippen molar-refractivity contribution in [3.63, 3.8) is 0 Å². The summed E-state index contributed by atoms with van der Waals surface area (Å²) in [6.07, 6.45) is 7.71. The molecule has 0 unspecified atom stereocenters. The molecule has 1 aliphatic carbocycles. The Hall–Kier alpha value is -2.53. The Labute approximate surface area is 164 Å². The van der Waals surface area contributed by atoms with Crippen LogP contribution < -0.4 is 14.8 Å². The van der Waals surface area contributed by atoms with Gasteiger partial charge in [0, 0.05) is 35.4 Å². The molecule has 0 spiro atoms. The largest absolute Gasteiger partial charge is 0.493 e. The average Bonchev–Trinajstić information content (AvgIpc) is 3.38. The van der Waals surface area contributed by atoms with Gasteiger partial charge in [-0.15, -0.1) is 11.3 Å². The lowest BCUT2D eigenvalue weighted by Crippen LogP contribution is -2.11. The molecule has 0 aliphatic heterocycles. The molecule has 4 rings (SSSR count). The van der Waals surface area contributed by atoms with E-state index in [0.29, 0.717) is 6.10 Å². The van der Waals surface area contributed by atoms with Gasteiger partial charge >= 0.3 is 0 Å². The molecule has 0 radical (unpaired) electrons. The quantitative estimate of drug-likeness (QED) is 0.562. The first kappa shape index (κ1) is 17.9. The summed E-state index contributed by atoms with van der Waals surface area (Å²) in [6, 6.07) is 14.4. The molecule has 5 heteroatoms. The first-order valence-corrected chi connectivity index (χ1v) is 10.3. The van der Waals surface area contributed by atoms with Crippen molar-refractivity contribution in [1.82, 2.24) is 4.98 Å². The number of rotatable bonds is 7. The van der Waals surface area contributed by atoms with Gasteiger partial charge in [0.15, 0.2) is 11.5 Å². The van der Waals surface area contributed by atoms with Gasteiger partial charge < -0.3 is 14.8 Å². The van der Waals surface area contributed by atoms with Crippen LogP contribution in [0.15, 0.2) is 54.0 Å². The van der Waals surface area contributed by atoms with Gasteiger partial charge in [-0.2, -0.15) is 0 Å². The van der Waals surface area contributed by atoms with Gasteiger partial charge in [0.1, 0.15) is 0 Å². The van der Waals surface area contributed by atoms with Gasteiger partial charge in [0.2, 0.25) is 0 Å². The molecule has 140 valence electrons. The monoisotopic (exact) mass is 380 g/mol. The minimum atomic E-state index is 0.298. The zero-order valence-corrected chi connectivity index (χ0v) is 16.3. The van der Waals surface area contributed by atoms with Crippen molar-refractivity contribution in [3.05, 3.63) is 64.6 Å². The molecule has 1 heterocycles. The molecule has 0 bridgehead atoms. The molecule has 4 nitrogen and oxygen atoms in total. The van der Waals surface area contributed by atoms with Crippen LogP contribution in [-0.4, -0.2) is 18.2 Å². The summed E-state index contributed by atoms with van der Waals surface area (Å²) in [5, 5.41) is 6.67. The van der Waals surface area contributed by atoms with Crippen molar-refractivity contribution in [3.8, 4) is 11.5 Å². The van der Waals surface area contributed by atoms with Crippen molar-refractivity contribution in [2.45, 2.75) is 38.2 Å². The van der Waals surface area contributed by atoms with E-state index in [1.807, 2.05) is 35.8 Å². The van der Waals surface area contributed by atoms with Crippen LogP contribution in [0.2, 0.25) is 0 Å². The number of nitrogens with one attached hydrogen (secondary N) is 1. The van der Waals surface area contributed by atoms with Crippen LogP contribution in [0, 0.1) is 0 Å². The van der Waals surface area contributed by atoms with Crippen LogP contribution in [0.4, 0.5) is 11.4 Å². The Bertz CT molecular complexity index is 874. The van der Waals surface area contributed by atoms with Crippen molar-refractivity contribution in [2.75, 3.05) is 12.4 Å². The van der Waals surface area contributed by atoms with Crippen LogP contribution in [0.25, 0.3) is 0 Å². The SMILES string of the molecule is COc1ccc(Nc2ccccc2Cc2nccs2)cc1OC1CCCC1. The minimum Gasteiger partial charge on any atom is -0.493 e. The summed E-state index contributed by atoms with van der Waals surface area (Å²) in [6.45, 7) is 0. The van der Waals surface area contributed by atoms with Gasteiger partial charge in [-0.3, -0.25) is 0 Å². The molecule has 3 aromatic rings. The summed E-state index contributed by atoms with van der Waals surface area (Å²) in [4.78, 5) is 4.41. The van der Waals surface area contributed by atoms with Crippen molar-refractivity contribution < 1.29 is 9.47 Å². The van der Waals surface area contributed by atoms with Gasteiger partial charge in [0.05, 0.1) is 18.2 Å². The number of benzene rings is 2. The number of anilines is 2. The fourth-order valence-corrected chi connectivity index (χ4v) is 4.13. The summed E-state index contributed by atoms with van der Waals surface area (Å²) in [5.74, 6) is 1.59. The van der Waals surface area contributed by atoms with Crippen LogP contribution in [0.3, 0.4) is 0 Å². The molecule has 1 saturated carbocycles. The highest BCUT2D eigenvalue weighted by Gasteiger charge is 2.18. The van der Waals surface area contributed by atoms with E-state index in [1.165, 1.54) is 18.4 Å². The van der Waals surface area contributed by atoms with E-state index in [2.05, 4.69) is 28.5 Å². The Kier molecular flexibility index (Phi) is 5.58. The van der Waals surface area contributed by atoms with E-state index in [0.717, 1.165) is 47.1 Å². The zero-order valence-electron chi connectivity index (χ0n) is 15.5. The smallest absolute Gasteiger partial charge is 0.163 e. The van der Waals surface area contributed by atoms with Gasteiger partial charge in [-0.1, -0.05) is 18.2 Å². The van der Waals surface area contributed by atoms with Crippen LogP contribution in [0.1, 0.15) is 36.3 Å². The molecule has 2 aromatic carbocycles. The average molecular weight is 381 g/mol. The van der Waals surface area contributed by atoms with Gasteiger partial charge in [-0.25, -0.2) is 4.98 Å². The number of hydrogen-bond acceptors (Lipinski definition) is 5. The Morgan fingerprint density at radius 2 is 1.96 bits per heavy atom. The van der Waals surface area contributed by atoms with Crippen LogP contribution in [0.5, 0.6) is 11.5 Å². The normalized spacial score (nSPS) is 14.3. The topological polar surface area (TPSA) is 43.4 Å². The molecule has 0 amide bonds. The fraction of sp³-hybridized carbons (Fsp3) is 0.318. The number of nitrogens with zero attached hydrogens (tertiary/aromatic N) is 1. The van der Waals surface area contributed by atoms with Crippen molar-refractivity contribution in [2.24, 2.45) is 0 Å². The van der Waals surface area contributed by atoms with E-state index in [1.54, 1.807) is 18.4 Å². The third-order valence-corrected chi connectivity index (χ3v) is 5.66. The van der Waals surface area contributed by atoms with E-state index in [-0.39, 0.29) is 0 Å². The summed E-state index contributed by atoms with van der Waals surface area (Å²) < 4.78 is 11.7. The number of para-hydroxylation sites is 1. The van der Waals surface area contributed by atoms with Gasteiger partial charge in [0.25, 0.3) is 0 Å². The maximum absolute atomic E-state index is 6.22. The predicted molar refractivity (Wildman–Crippen MR) is 111 cm³/mol. The van der Waals surface area contributed by atoms with Gasteiger partial charge in [-0.05, 0) is 49.4 Å².